The van der Waals surface area contributed by atoms with E-state index < -0.39 is 11.8 Å². The summed E-state index contributed by atoms with van der Waals surface area (Å²) < 4.78 is 20.9. The highest BCUT2D eigenvalue weighted by atomic mass is 16.7. The summed E-state index contributed by atoms with van der Waals surface area (Å²) in [5.41, 5.74) is 6.12. The first-order valence-corrected chi connectivity index (χ1v) is 7.76. The topological polar surface area (TPSA) is 95.1 Å². The fourth-order valence-electron chi connectivity index (χ4n) is 2.51. The van der Waals surface area contributed by atoms with Crippen LogP contribution in [-0.2, 0) is 0 Å². The average Bonchev–Trinajstić information content (AvgIpc) is 3.13. The van der Waals surface area contributed by atoms with Crippen LogP contribution in [-0.4, -0.2) is 32.8 Å². The summed E-state index contributed by atoms with van der Waals surface area (Å²) in [6, 6.07) is 7.89. The molecular weight excluding hydrogens is 340 g/mol. The van der Waals surface area contributed by atoms with Gasteiger partial charge in [0.15, 0.2) is 11.5 Å². The molecule has 0 unspecified atom stereocenters. The van der Waals surface area contributed by atoms with Gasteiger partial charge in [-0.15, -0.1) is 0 Å². The molecule has 0 aliphatic carbocycles. The van der Waals surface area contributed by atoms with Gasteiger partial charge in [-0.2, -0.15) is 0 Å². The van der Waals surface area contributed by atoms with E-state index in [9.17, 15) is 9.59 Å². The van der Waals surface area contributed by atoms with Gasteiger partial charge in [-0.25, -0.2) is 0 Å². The van der Waals surface area contributed by atoms with Gasteiger partial charge in [0.25, 0.3) is 11.8 Å². The quantitative estimate of drug-likeness (QED) is 0.810. The molecule has 136 valence electrons. The minimum Gasteiger partial charge on any atom is -0.496 e. The second-order valence-corrected chi connectivity index (χ2v) is 5.48. The Morgan fingerprint density at radius 3 is 2.08 bits per heavy atom. The van der Waals surface area contributed by atoms with Crippen LogP contribution in [0.15, 0.2) is 30.3 Å². The fourth-order valence-corrected chi connectivity index (χ4v) is 2.51. The molecule has 8 heteroatoms. The van der Waals surface area contributed by atoms with E-state index in [1.165, 1.54) is 14.2 Å². The lowest BCUT2D eigenvalue weighted by Crippen LogP contribution is -2.41. The number of hydrogen-bond donors (Lipinski definition) is 2. The van der Waals surface area contributed by atoms with Crippen molar-refractivity contribution in [3.8, 4) is 23.0 Å². The predicted octanol–water partition coefficient (Wildman–Crippen LogP) is 1.82. The number of carbonyl (C=O) groups is 2. The van der Waals surface area contributed by atoms with E-state index in [1.54, 1.807) is 30.3 Å². The van der Waals surface area contributed by atoms with Crippen LogP contribution in [0.4, 0.5) is 0 Å². The molecule has 2 N–H and O–H groups in total. The summed E-state index contributed by atoms with van der Waals surface area (Å²) >= 11 is 0. The van der Waals surface area contributed by atoms with Gasteiger partial charge in [0.1, 0.15) is 11.5 Å². The van der Waals surface area contributed by atoms with Crippen LogP contribution in [0.1, 0.15) is 26.3 Å². The molecule has 1 aliphatic heterocycles. The first-order valence-electron chi connectivity index (χ1n) is 7.76. The Hall–Kier alpha value is -3.42. The van der Waals surface area contributed by atoms with Crippen LogP contribution < -0.4 is 29.8 Å². The molecule has 2 amide bonds. The van der Waals surface area contributed by atoms with Crippen molar-refractivity contribution in [1.29, 1.82) is 0 Å². The van der Waals surface area contributed by atoms with Crippen LogP contribution in [0.5, 0.6) is 23.0 Å². The highest BCUT2D eigenvalue weighted by Gasteiger charge is 2.18. The molecule has 1 heterocycles. The van der Waals surface area contributed by atoms with Crippen LogP contribution in [0.2, 0.25) is 0 Å². The zero-order valence-electron chi connectivity index (χ0n) is 14.5. The molecule has 2 aromatic rings. The zero-order valence-corrected chi connectivity index (χ0v) is 14.5. The van der Waals surface area contributed by atoms with Gasteiger partial charge in [-0.3, -0.25) is 20.4 Å². The molecule has 0 fully saturated rings. The van der Waals surface area contributed by atoms with Crippen molar-refractivity contribution in [2.24, 2.45) is 0 Å². The van der Waals surface area contributed by atoms with Crippen LogP contribution in [0.25, 0.3) is 0 Å². The second-order valence-electron chi connectivity index (χ2n) is 5.48. The van der Waals surface area contributed by atoms with Crippen LogP contribution >= 0.6 is 0 Å². The van der Waals surface area contributed by atoms with E-state index >= 15 is 0 Å². The number of hydrogen-bond acceptors (Lipinski definition) is 6. The van der Waals surface area contributed by atoms with E-state index in [0.29, 0.717) is 28.6 Å². The zero-order chi connectivity index (χ0) is 18.7. The van der Waals surface area contributed by atoms with Crippen molar-refractivity contribution in [2.75, 3.05) is 21.0 Å². The molecule has 0 saturated heterocycles. The summed E-state index contributed by atoms with van der Waals surface area (Å²) in [6.07, 6.45) is 0. The smallest absolute Gasteiger partial charge is 0.269 e. The molecule has 0 aromatic heterocycles. The number of amides is 2. The summed E-state index contributed by atoms with van der Waals surface area (Å²) in [5.74, 6) is 1.09. The van der Waals surface area contributed by atoms with E-state index in [2.05, 4.69) is 10.9 Å². The summed E-state index contributed by atoms with van der Waals surface area (Å²) in [4.78, 5) is 24.5. The molecule has 26 heavy (non-hydrogen) atoms. The van der Waals surface area contributed by atoms with E-state index in [0.717, 1.165) is 5.56 Å². The van der Waals surface area contributed by atoms with E-state index in [1.807, 2.05) is 6.92 Å². The van der Waals surface area contributed by atoms with E-state index in [-0.39, 0.29) is 12.4 Å². The predicted molar refractivity (Wildman–Crippen MR) is 91.8 cm³/mol. The van der Waals surface area contributed by atoms with Gasteiger partial charge < -0.3 is 18.9 Å². The molecule has 0 bridgehead atoms. The highest BCUT2D eigenvalue weighted by Crippen LogP contribution is 2.32. The number of rotatable bonds is 4. The number of methoxy groups -OCH3 is 2. The monoisotopic (exact) mass is 358 g/mol. The summed E-state index contributed by atoms with van der Waals surface area (Å²) in [5, 5.41) is 0. The van der Waals surface area contributed by atoms with Crippen molar-refractivity contribution in [3.05, 3.63) is 47.0 Å². The molecule has 0 atom stereocenters. The second kappa shape index (κ2) is 7.22. The molecule has 2 aromatic carbocycles. The lowest BCUT2D eigenvalue weighted by molar-refractivity contribution is 0.0846. The Morgan fingerprint density at radius 1 is 0.885 bits per heavy atom. The number of hydrazine groups is 1. The molecular formula is C18H18N2O6. The first kappa shape index (κ1) is 17.4. The van der Waals surface area contributed by atoms with Crippen LogP contribution in [0, 0.1) is 6.92 Å². The van der Waals surface area contributed by atoms with Gasteiger partial charge in [0.2, 0.25) is 6.79 Å². The Morgan fingerprint density at radius 2 is 1.46 bits per heavy atom. The maximum absolute atomic E-state index is 12.3. The molecule has 3 rings (SSSR count). The SMILES string of the molecule is COc1cc(C(=O)NNC(=O)c2ccc3c(c2)OCO3)cc(OC)c1C. The average molecular weight is 358 g/mol. The Kier molecular flexibility index (Phi) is 4.83. The summed E-state index contributed by atoms with van der Waals surface area (Å²) in [6.45, 7) is 1.94. The molecule has 0 spiro atoms. The van der Waals surface area contributed by atoms with Gasteiger partial charge >= 0.3 is 0 Å². The first-order chi connectivity index (χ1) is 12.5. The van der Waals surface area contributed by atoms with Gasteiger partial charge in [0, 0.05) is 16.7 Å². The van der Waals surface area contributed by atoms with Gasteiger partial charge in [0.05, 0.1) is 14.2 Å². The maximum atomic E-state index is 12.3. The lowest BCUT2D eigenvalue weighted by atomic mass is 10.1. The van der Waals surface area contributed by atoms with Gasteiger partial charge in [-0.05, 0) is 37.3 Å². The Balaban J connectivity index is 1.69. The fraction of sp³-hybridized carbons (Fsp3) is 0.222. The van der Waals surface area contributed by atoms with E-state index in [4.69, 9.17) is 18.9 Å². The highest BCUT2D eigenvalue weighted by molar-refractivity contribution is 5.99. The standard InChI is InChI=1S/C18H18N2O6/c1-10-14(23-2)7-12(8-15(10)24-3)18(22)20-19-17(21)11-4-5-13-16(6-11)26-9-25-13/h4-8H,9H2,1-3H3,(H,19,21)(H,20,22). The third kappa shape index (κ3) is 3.34. The minimum atomic E-state index is -0.504. The number of carbonyl (C=O) groups excluding carboxylic acids is 2. The lowest BCUT2D eigenvalue weighted by Gasteiger charge is -2.13. The Labute approximate surface area is 150 Å². The molecule has 0 radical (unpaired) electrons. The number of nitrogens with one attached hydrogen (secondary N) is 2. The third-order valence-electron chi connectivity index (χ3n) is 3.94. The molecule has 8 nitrogen and oxygen atoms in total. The number of fused-ring (bicyclic) bond motifs is 1. The largest absolute Gasteiger partial charge is 0.496 e. The third-order valence-corrected chi connectivity index (χ3v) is 3.94. The van der Waals surface area contributed by atoms with Crippen molar-refractivity contribution in [1.82, 2.24) is 10.9 Å². The molecule has 0 saturated carbocycles. The van der Waals surface area contributed by atoms with Crippen molar-refractivity contribution >= 4 is 11.8 Å². The minimum absolute atomic E-state index is 0.119. The van der Waals surface area contributed by atoms with Crippen LogP contribution in [0.3, 0.4) is 0 Å². The van der Waals surface area contributed by atoms with Crippen molar-refractivity contribution in [3.63, 3.8) is 0 Å². The normalized spacial score (nSPS) is 11.7. The Bertz CT molecular complexity index is 840. The maximum Gasteiger partial charge on any atom is 0.269 e. The number of ether oxygens (including phenoxy) is 4. The number of benzene rings is 2. The molecule has 1 aliphatic rings. The van der Waals surface area contributed by atoms with Crippen molar-refractivity contribution in [2.45, 2.75) is 6.92 Å². The summed E-state index contributed by atoms with van der Waals surface area (Å²) in [7, 11) is 3.01. The van der Waals surface area contributed by atoms with Gasteiger partial charge in [-0.1, -0.05) is 0 Å². The van der Waals surface area contributed by atoms with Crippen molar-refractivity contribution < 1.29 is 28.5 Å².